The molecule has 2 aliphatic rings. The van der Waals surface area contributed by atoms with Crippen LogP contribution in [0.25, 0.3) is 0 Å². The fourth-order valence-electron chi connectivity index (χ4n) is 3.66. The molecule has 0 bridgehead atoms. The third kappa shape index (κ3) is 4.65. The molecule has 2 fully saturated rings. The maximum atomic E-state index is 13.1. The second kappa shape index (κ2) is 8.08. The number of hydrogen-bond acceptors (Lipinski definition) is 4. The smallest absolute Gasteiger partial charge is 0.255 e. The van der Waals surface area contributed by atoms with E-state index in [-0.39, 0.29) is 22.6 Å². The largest absolute Gasteiger partial charge is 0.508 e. The highest BCUT2D eigenvalue weighted by Crippen LogP contribution is 2.31. The first kappa shape index (κ1) is 20.4. The van der Waals surface area contributed by atoms with E-state index >= 15 is 0 Å². The summed E-state index contributed by atoms with van der Waals surface area (Å²) in [6.45, 7) is 1.21. The fourth-order valence-corrected chi connectivity index (χ4v) is 5.40. The number of nitrogens with zero attached hydrogens (tertiary/aromatic N) is 1. The number of phenolic OH excluding ortho intramolecular Hbond substituents is 1. The Hall–Kier alpha value is -1.90. The van der Waals surface area contributed by atoms with Gasteiger partial charge in [-0.05, 0) is 83.4 Å². The Morgan fingerprint density at radius 2 is 1.69 bits per heavy atom. The fraction of sp³-hybridized carbons (Fsp3) is 0.381. The number of sulfonamides is 1. The summed E-state index contributed by atoms with van der Waals surface area (Å²) in [4.78, 5) is 15.0. The van der Waals surface area contributed by atoms with Crippen molar-refractivity contribution in [1.29, 1.82) is 0 Å². The molecule has 6 nitrogen and oxygen atoms in total. The quantitative estimate of drug-likeness (QED) is 0.686. The second-order valence-electron chi connectivity index (χ2n) is 7.70. The van der Waals surface area contributed by atoms with E-state index in [0.29, 0.717) is 29.0 Å². The number of benzene rings is 2. The lowest BCUT2D eigenvalue weighted by Gasteiger charge is -2.32. The number of hydrogen-bond donors (Lipinski definition) is 2. The van der Waals surface area contributed by atoms with Crippen molar-refractivity contribution < 1.29 is 18.3 Å². The molecule has 0 unspecified atom stereocenters. The van der Waals surface area contributed by atoms with Crippen molar-refractivity contribution >= 4 is 31.9 Å². The van der Waals surface area contributed by atoms with Crippen molar-refractivity contribution in [2.45, 2.75) is 42.5 Å². The molecule has 4 rings (SSSR count). The molecule has 2 aromatic carbocycles. The highest BCUT2D eigenvalue weighted by atomic mass is 79.9. The Labute approximate surface area is 179 Å². The summed E-state index contributed by atoms with van der Waals surface area (Å²) in [5.41, 5.74) is 1.53. The van der Waals surface area contributed by atoms with Crippen molar-refractivity contribution in [3.05, 3.63) is 58.1 Å². The average Bonchev–Trinajstić information content (AvgIpc) is 3.52. The van der Waals surface area contributed by atoms with E-state index in [1.54, 1.807) is 23.1 Å². The van der Waals surface area contributed by atoms with Crippen LogP contribution in [0.15, 0.2) is 51.8 Å². The highest BCUT2D eigenvalue weighted by Gasteiger charge is 2.30. The van der Waals surface area contributed by atoms with Crippen molar-refractivity contribution in [3.8, 4) is 5.75 Å². The van der Waals surface area contributed by atoms with E-state index in [2.05, 4.69) is 20.7 Å². The summed E-state index contributed by atoms with van der Waals surface area (Å²) < 4.78 is 28.2. The van der Waals surface area contributed by atoms with Gasteiger partial charge in [-0.2, -0.15) is 0 Å². The van der Waals surface area contributed by atoms with Gasteiger partial charge in [0.1, 0.15) is 5.75 Å². The van der Waals surface area contributed by atoms with Gasteiger partial charge in [0.2, 0.25) is 10.0 Å². The summed E-state index contributed by atoms with van der Waals surface area (Å²) in [6.07, 6.45) is 3.37. The van der Waals surface area contributed by atoms with Gasteiger partial charge >= 0.3 is 0 Å². The zero-order valence-corrected chi connectivity index (χ0v) is 18.2. The Morgan fingerprint density at radius 3 is 2.31 bits per heavy atom. The van der Waals surface area contributed by atoms with Gasteiger partial charge in [-0.3, -0.25) is 4.79 Å². The third-order valence-electron chi connectivity index (χ3n) is 5.52. The number of amides is 1. The monoisotopic (exact) mass is 478 g/mol. The zero-order chi connectivity index (χ0) is 20.6. The Bertz CT molecular complexity index is 1010. The Morgan fingerprint density at radius 1 is 1.03 bits per heavy atom. The molecule has 2 aromatic rings. The first-order valence-corrected chi connectivity index (χ1v) is 12.0. The lowest BCUT2D eigenvalue weighted by Crippen LogP contribution is -2.38. The Kier molecular flexibility index (Phi) is 5.68. The van der Waals surface area contributed by atoms with E-state index in [9.17, 15) is 18.3 Å². The Balaban J connectivity index is 1.47. The molecule has 1 saturated heterocycles. The molecular formula is C21H23BrN2O4S. The second-order valence-corrected chi connectivity index (χ2v) is 10.3. The van der Waals surface area contributed by atoms with Crippen molar-refractivity contribution in [2.75, 3.05) is 13.1 Å². The van der Waals surface area contributed by atoms with Gasteiger partial charge in [0.25, 0.3) is 5.91 Å². The van der Waals surface area contributed by atoms with E-state index in [1.165, 1.54) is 12.1 Å². The van der Waals surface area contributed by atoms with Crippen LogP contribution in [0, 0.1) is 0 Å². The van der Waals surface area contributed by atoms with Gasteiger partial charge in [0.15, 0.2) is 0 Å². The predicted octanol–water partition coefficient (Wildman–Crippen LogP) is 3.62. The van der Waals surface area contributed by atoms with Crippen molar-refractivity contribution in [2.24, 2.45) is 0 Å². The molecule has 0 spiro atoms. The number of carbonyl (C=O) groups excluding carboxylic acids is 1. The first-order chi connectivity index (χ1) is 13.8. The van der Waals surface area contributed by atoms with Crippen molar-refractivity contribution in [3.63, 3.8) is 0 Å². The van der Waals surface area contributed by atoms with E-state index in [1.807, 2.05) is 12.1 Å². The predicted molar refractivity (Wildman–Crippen MR) is 113 cm³/mol. The van der Waals surface area contributed by atoms with Crippen LogP contribution in [0.2, 0.25) is 0 Å². The first-order valence-electron chi connectivity index (χ1n) is 9.73. The molecule has 8 heteroatoms. The number of likely N-dealkylation sites (tertiary alicyclic amines) is 1. The topological polar surface area (TPSA) is 86.7 Å². The molecule has 1 aliphatic heterocycles. The minimum Gasteiger partial charge on any atom is -0.508 e. The molecule has 1 heterocycles. The number of halogens is 1. The summed E-state index contributed by atoms with van der Waals surface area (Å²) in [7, 11) is -3.61. The summed E-state index contributed by atoms with van der Waals surface area (Å²) >= 11 is 3.40. The van der Waals surface area contributed by atoms with Gasteiger partial charge in [-0.25, -0.2) is 13.1 Å². The lowest BCUT2D eigenvalue weighted by atomic mass is 9.89. The number of carbonyl (C=O) groups is 1. The summed E-state index contributed by atoms with van der Waals surface area (Å²) in [6, 6.07) is 11.8. The summed E-state index contributed by atoms with van der Waals surface area (Å²) in [5.74, 6) is 0.430. The van der Waals surface area contributed by atoms with Gasteiger partial charge in [-0.1, -0.05) is 12.1 Å². The number of rotatable bonds is 5. The van der Waals surface area contributed by atoms with E-state index in [0.717, 1.165) is 31.2 Å². The number of aromatic hydroxyl groups is 1. The van der Waals surface area contributed by atoms with Crippen LogP contribution < -0.4 is 4.72 Å². The molecule has 0 radical (unpaired) electrons. The van der Waals surface area contributed by atoms with Gasteiger partial charge in [0.05, 0.1) is 10.5 Å². The highest BCUT2D eigenvalue weighted by molar-refractivity contribution is 9.10. The molecule has 1 aliphatic carbocycles. The SMILES string of the molecule is O=C(c1cc(S(=O)(=O)NC2CC2)ccc1Br)N1CCC(c2ccc(O)cc2)CC1. The minimum atomic E-state index is -3.61. The molecular weight excluding hydrogens is 456 g/mol. The van der Waals surface area contributed by atoms with Gasteiger partial charge in [0, 0.05) is 23.6 Å². The molecule has 2 N–H and O–H groups in total. The minimum absolute atomic E-state index is 0.0155. The standard InChI is InChI=1S/C21H23BrN2O4S/c22-20-8-7-18(29(27,28)23-16-3-4-16)13-19(20)21(26)24-11-9-15(10-12-24)14-1-5-17(25)6-2-14/h1-2,5-8,13,15-16,23,25H,3-4,9-12H2. The van der Waals surface area contributed by atoms with Crippen LogP contribution in [0.1, 0.15) is 47.5 Å². The maximum absolute atomic E-state index is 13.1. The molecule has 154 valence electrons. The molecule has 1 amide bonds. The van der Waals surface area contributed by atoms with Crippen LogP contribution in [0.5, 0.6) is 5.75 Å². The zero-order valence-electron chi connectivity index (χ0n) is 15.8. The van der Waals surface area contributed by atoms with Crippen LogP contribution in [0.3, 0.4) is 0 Å². The third-order valence-corrected chi connectivity index (χ3v) is 7.73. The number of piperidine rings is 1. The maximum Gasteiger partial charge on any atom is 0.255 e. The van der Waals surface area contributed by atoms with E-state index in [4.69, 9.17) is 0 Å². The van der Waals surface area contributed by atoms with Crippen LogP contribution in [-0.4, -0.2) is 43.5 Å². The molecule has 29 heavy (non-hydrogen) atoms. The molecule has 0 aromatic heterocycles. The summed E-state index contributed by atoms with van der Waals surface area (Å²) in [5, 5.41) is 9.45. The van der Waals surface area contributed by atoms with E-state index < -0.39 is 10.0 Å². The average molecular weight is 479 g/mol. The van der Waals surface area contributed by atoms with Gasteiger partial charge < -0.3 is 10.0 Å². The van der Waals surface area contributed by atoms with Crippen molar-refractivity contribution in [1.82, 2.24) is 9.62 Å². The van der Waals surface area contributed by atoms with Crippen LogP contribution >= 0.6 is 15.9 Å². The normalized spacial score (nSPS) is 18.0. The molecule has 1 saturated carbocycles. The van der Waals surface area contributed by atoms with Crippen LogP contribution in [0.4, 0.5) is 0 Å². The molecule has 0 atom stereocenters. The number of nitrogens with one attached hydrogen (secondary N) is 1. The number of phenols is 1. The van der Waals surface area contributed by atoms with Gasteiger partial charge in [-0.15, -0.1) is 0 Å². The lowest BCUT2D eigenvalue weighted by molar-refractivity contribution is 0.0712. The van der Waals surface area contributed by atoms with Crippen LogP contribution in [-0.2, 0) is 10.0 Å².